The van der Waals surface area contributed by atoms with Gasteiger partial charge in [-0.3, -0.25) is 0 Å². The van der Waals surface area contributed by atoms with E-state index in [1.165, 1.54) is 11.1 Å². The van der Waals surface area contributed by atoms with E-state index in [1.54, 1.807) is 6.07 Å². The molecule has 0 N–H and O–H groups in total. The lowest BCUT2D eigenvalue weighted by Crippen LogP contribution is -1.97. The lowest BCUT2D eigenvalue weighted by molar-refractivity contribution is 0.918. The molecule has 2 rings (SSSR count). The fourth-order valence-corrected chi connectivity index (χ4v) is 2.77. The normalized spacial score (nSPS) is 12.4. The van der Waals surface area contributed by atoms with E-state index >= 15 is 0 Å². The highest BCUT2D eigenvalue weighted by atomic mass is 35.5. The monoisotopic (exact) mass is 298 g/mol. The molecule has 2 aromatic carbocycles. The summed E-state index contributed by atoms with van der Waals surface area (Å²) < 4.78 is 0. The van der Waals surface area contributed by atoms with Crippen LogP contribution in [0.1, 0.15) is 22.1 Å². The van der Waals surface area contributed by atoms with Gasteiger partial charge in [0.2, 0.25) is 0 Å². The second kappa shape index (κ2) is 5.97. The highest BCUT2D eigenvalue weighted by Gasteiger charge is 2.14. The molecule has 0 spiro atoms. The Labute approximate surface area is 122 Å². The molecule has 1 unspecified atom stereocenters. The lowest BCUT2D eigenvalue weighted by Gasteiger charge is -2.13. The summed E-state index contributed by atoms with van der Waals surface area (Å²) in [6.07, 6.45) is 0.739. The average molecular weight is 300 g/mol. The summed E-state index contributed by atoms with van der Waals surface area (Å²) in [4.78, 5) is 0. The Hall–Kier alpha value is -0.690. The molecule has 0 nitrogen and oxygen atoms in total. The van der Waals surface area contributed by atoms with Gasteiger partial charge >= 0.3 is 0 Å². The van der Waals surface area contributed by atoms with Crippen LogP contribution < -0.4 is 0 Å². The molecule has 0 heterocycles. The Morgan fingerprint density at radius 3 is 2.50 bits per heavy atom. The second-order valence-electron chi connectivity index (χ2n) is 4.30. The molecule has 0 saturated carbocycles. The molecule has 18 heavy (non-hydrogen) atoms. The molecule has 3 heteroatoms. The summed E-state index contributed by atoms with van der Waals surface area (Å²) in [7, 11) is 0. The van der Waals surface area contributed by atoms with Gasteiger partial charge in [0, 0.05) is 0 Å². The summed E-state index contributed by atoms with van der Waals surface area (Å²) in [6.45, 7) is 2.07. The first-order chi connectivity index (χ1) is 8.58. The first-order valence-corrected chi connectivity index (χ1v) is 6.90. The minimum Gasteiger partial charge on any atom is -0.117 e. The topological polar surface area (TPSA) is 0 Å². The second-order valence-corrected chi connectivity index (χ2v) is 5.62. The van der Waals surface area contributed by atoms with Crippen molar-refractivity contribution in [1.82, 2.24) is 0 Å². The van der Waals surface area contributed by atoms with Gasteiger partial charge in [0.05, 0.1) is 15.4 Å². The number of halogens is 3. The summed E-state index contributed by atoms with van der Waals surface area (Å²) in [5, 5.41) is 0.925. The van der Waals surface area contributed by atoms with Crippen molar-refractivity contribution in [2.24, 2.45) is 0 Å². The first-order valence-electron chi connectivity index (χ1n) is 5.71. The first kappa shape index (κ1) is 13.7. The molecule has 0 aliphatic rings. The van der Waals surface area contributed by atoms with Gasteiger partial charge in [-0.15, -0.1) is 11.6 Å². The van der Waals surface area contributed by atoms with E-state index in [0.717, 1.165) is 12.0 Å². The van der Waals surface area contributed by atoms with E-state index < -0.39 is 0 Å². The summed E-state index contributed by atoms with van der Waals surface area (Å²) in [5.74, 6) is 0. The third kappa shape index (κ3) is 3.20. The van der Waals surface area contributed by atoms with Crippen molar-refractivity contribution in [2.75, 3.05) is 0 Å². The molecular weight excluding hydrogens is 287 g/mol. The van der Waals surface area contributed by atoms with Crippen molar-refractivity contribution >= 4 is 34.8 Å². The third-order valence-corrected chi connectivity index (χ3v) is 4.04. The third-order valence-electron chi connectivity index (χ3n) is 2.82. The zero-order chi connectivity index (χ0) is 13.1. The van der Waals surface area contributed by atoms with Gasteiger partial charge in [-0.25, -0.2) is 0 Å². The maximum absolute atomic E-state index is 6.43. The minimum atomic E-state index is -0.169. The predicted octanol–water partition coefficient (Wildman–Crippen LogP) is 5.82. The molecule has 1 atom stereocenters. The van der Waals surface area contributed by atoms with E-state index in [2.05, 4.69) is 25.1 Å². The zero-order valence-electron chi connectivity index (χ0n) is 9.96. The quantitative estimate of drug-likeness (QED) is 0.626. The smallest absolute Gasteiger partial charge is 0.0640 e. The van der Waals surface area contributed by atoms with Crippen molar-refractivity contribution in [2.45, 2.75) is 18.7 Å². The zero-order valence-corrected chi connectivity index (χ0v) is 12.2. The maximum atomic E-state index is 6.43. The van der Waals surface area contributed by atoms with Crippen LogP contribution in [0, 0.1) is 6.92 Å². The Morgan fingerprint density at radius 2 is 1.78 bits per heavy atom. The Balaban J connectivity index is 2.22. The molecule has 0 aliphatic heterocycles. The van der Waals surface area contributed by atoms with Crippen LogP contribution >= 0.6 is 34.8 Å². The Bertz CT molecular complexity index is 549. The fraction of sp³-hybridized carbons (Fsp3) is 0.200. The lowest BCUT2D eigenvalue weighted by atomic mass is 10.0. The van der Waals surface area contributed by atoms with Gasteiger partial charge in [-0.05, 0) is 30.5 Å². The minimum absolute atomic E-state index is 0.169. The van der Waals surface area contributed by atoms with Crippen molar-refractivity contribution in [3.05, 3.63) is 69.2 Å². The maximum Gasteiger partial charge on any atom is 0.0640 e. The predicted molar refractivity (Wildman–Crippen MR) is 79.9 cm³/mol. The van der Waals surface area contributed by atoms with Gasteiger partial charge in [-0.1, -0.05) is 65.2 Å². The SMILES string of the molecule is Cc1cccc(CC(Cl)c2cccc(Cl)c2Cl)c1. The van der Waals surface area contributed by atoms with E-state index in [4.69, 9.17) is 34.8 Å². The summed E-state index contributed by atoms with van der Waals surface area (Å²) in [5.41, 5.74) is 3.31. The van der Waals surface area contributed by atoms with Crippen LogP contribution in [-0.2, 0) is 6.42 Å². The van der Waals surface area contributed by atoms with E-state index in [1.807, 2.05) is 18.2 Å². The number of alkyl halides is 1. The molecule has 0 aromatic heterocycles. The molecule has 94 valence electrons. The van der Waals surface area contributed by atoms with Crippen molar-refractivity contribution in [1.29, 1.82) is 0 Å². The summed E-state index contributed by atoms with van der Waals surface area (Å²) in [6, 6.07) is 13.9. The molecule has 0 amide bonds. The molecule has 0 radical (unpaired) electrons. The van der Waals surface area contributed by atoms with Crippen molar-refractivity contribution < 1.29 is 0 Å². The van der Waals surface area contributed by atoms with Crippen molar-refractivity contribution in [3.63, 3.8) is 0 Å². The summed E-state index contributed by atoms with van der Waals surface area (Å²) >= 11 is 18.6. The van der Waals surface area contributed by atoms with Gasteiger partial charge in [0.1, 0.15) is 0 Å². The average Bonchev–Trinajstić information content (AvgIpc) is 2.32. The molecule has 0 bridgehead atoms. The Kier molecular flexibility index (Phi) is 4.55. The molecule has 0 aliphatic carbocycles. The van der Waals surface area contributed by atoms with Crippen LogP contribution in [0.25, 0.3) is 0 Å². The van der Waals surface area contributed by atoms with E-state index in [0.29, 0.717) is 10.0 Å². The Morgan fingerprint density at radius 1 is 1.06 bits per heavy atom. The number of hydrogen-bond acceptors (Lipinski definition) is 0. The van der Waals surface area contributed by atoms with Crippen LogP contribution in [0.5, 0.6) is 0 Å². The standard InChI is InChI=1S/C15H13Cl3/c1-10-4-2-5-11(8-10)9-14(17)12-6-3-7-13(16)15(12)18/h2-8,14H,9H2,1H3. The van der Waals surface area contributed by atoms with Crippen molar-refractivity contribution in [3.8, 4) is 0 Å². The van der Waals surface area contributed by atoms with E-state index in [-0.39, 0.29) is 5.38 Å². The van der Waals surface area contributed by atoms with E-state index in [9.17, 15) is 0 Å². The van der Waals surface area contributed by atoms with Crippen LogP contribution in [0.4, 0.5) is 0 Å². The van der Waals surface area contributed by atoms with Gasteiger partial charge in [-0.2, -0.15) is 0 Å². The molecular formula is C15H13Cl3. The highest BCUT2D eigenvalue weighted by Crippen LogP contribution is 2.34. The van der Waals surface area contributed by atoms with Crippen LogP contribution in [0.15, 0.2) is 42.5 Å². The fourth-order valence-electron chi connectivity index (χ4n) is 1.92. The number of rotatable bonds is 3. The highest BCUT2D eigenvalue weighted by molar-refractivity contribution is 6.43. The van der Waals surface area contributed by atoms with Gasteiger partial charge < -0.3 is 0 Å². The van der Waals surface area contributed by atoms with Crippen LogP contribution in [0.2, 0.25) is 10.0 Å². The van der Waals surface area contributed by atoms with Gasteiger partial charge in [0.25, 0.3) is 0 Å². The largest absolute Gasteiger partial charge is 0.117 e. The molecule has 0 fully saturated rings. The molecule has 0 saturated heterocycles. The van der Waals surface area contributed by atoms with Crippen LogP contribution in [-0.4, -0.2) is 0 Å². The number of hydrogen-bond donors (Lipinski definition) is 0. The number of benzene rings is 2. The molecule has 2 aromatic rings. The van der Waals surface area contributed by atoms with Gasteiger partial charge in [0.15, 0.2) is 0 Å². The number of aryl methyl sites for hydroxylation is 1. The van der Waals surface area contributed by atoms with Crippen LogP contribution in [0.3, 0.4) is 0 Å².